The Balaban J connectivity index is 1.67. The minimum absolute atomic E-state index is 0.101. The fraction of sp³-hybridized carbons (Fsp3) is 0.613. The number of rotatable bonds is 20. The van der Waals surface area contributed by atoms with E-state index in [1.807, 2.05) is 0 Å². The monoisotopic (exact) mass is 618 g/mol. The zero-order valence-corrected chi connectivity index (χ0v) is 26.5. The fourth-order valence-corrected chi connectivity index (χ4v) is 5.80. The van der Waals surface area contributed by atoms with Gasteiger partial charge in [-0.2, -0.15) is 0 Å². The Labute approximate surface area is 258 Å². The lowest BCUT2D eigenvalue weighted by Gasteiger charge is -2.21. The molecule has 3 N–H and O–H groups in total. The van der Waals surface area contributed by atoms with Gasteiger partial charge >= 0.3 is 0 Å². The second kappa shape index (κ2) is 19.0. The van der Waals surface area contributed by atoms with Crippen molar-refractivity contribution in [3.8, 4) is 0 Å². The molecule has 3 atom stereocenters. The number of carbonyl (C=O) groups excluding carboxylic acids is 6. The summed E-state index contributed by atoms with van der Waals surface area (Å²) in [6.45, 7) is 8.54. The number of unbranched alkanes of at least 4 members (excludes halogenated alkanes) is 2. The molecule has 11 nitrogen and oxygen atoms in total. The summed E-state index contributed by atoms with van der Waals surface area (Å²) in [6, 6.07) is 5.93. The van der Waals surface area contributed by atoms with Gasteiger partial charge in [-0.15, -0.1) is 11.8 Å². The van der Waals surface area contributed by atoms with E-state index in [1.165, 1.54) is 4.90 Å². The summed E-state index contributed by atoms with van der Waals surface area (Å²) >= 11 is 1.58. The SMILES string of the molecule is CCC(C)CCSC1CC(=O)N(CCCCCC(=O)NC(C(=O)NCC(=O)Nc2ccc(COC=O)cc2)C(C)C)C1=O. The van der Waals surface area contributed by atoms with Crippen molar-refractivity contribution >= 4 is 53.5 Å². The molecule has 43 heavy (non-hydrogen) atoms. The van der Waals surface area contributed by atoms with E-state index < -0.39 is 17.9 Å². The molecule has 0 aliphatic carbocycles. The lowest BCUT2D eigenvalue weighted by molar-refractivity contribution is -0.138. The number of thioether (sulfide) groups is 1. The van der Waals surface area contributed by atoms with Crippen LogP contribution in [-0.2, 0) is 40.1 Å². The van der Waals surface area contributed by atoms with E-state index in [2.05, 4.69) is 34.5 Å². The second-order valence-electron chi connectivity index (χ2n) is 11.2. The van der Waals surface area contributed by atoms with Gasteiger partial charge in [-0.3, -0.25) is 33.7 Å². The molecular formula is C31H46N4O7S. The molecule has 3 unspecified atom stereocenters. The highest BCUT2D eigenvalue weighted by atomic mass is 32.2. The van der Waals surface area contributed by atoms with E-state index in [0.717, 1.165) is 24.2 Å². The maximum Gasteiger partial charge on any atom is 0.293 e. The molecule has 12 heteroatoms. The van der Waals surface area contributed by atoms with Crippen LogP contribution < -0.4 is 16.0 Å². The Kier molecular flexibility index (Phi) is 15.8. The van der Waals surface area contributed by atoms with Gasteiger partial charge in [0.05, 0.1) is 11.8 Å². The number of anilines is 1. The second-order valence-corrected chi connectivity index (χ2v) is 12.5. The van der Waals surface area contributed by atoms with Crippen LogP contribution in [0.15, 0.2) is 24.3 Å². The highest BCUT2D eigenvalue weighted by molar-refractivity contribution is 8.00. The van der Waals surface area contributed by atoms with Crippen molar-refractivity contribution in [2.45, 2.75) is 90.5 Å². The van der Waals surface area contributed by atoms with Crippen LogP contribution in [0.2, 0.25) is 0 Å². The number of carbonyl (C=O) groups is 6. The summed E-state index contributed by atoms with van der Waals surface area (Å²) in [5.41, 5.74) is 1.29. The van der Waals surface area contributed by atoms with Gasteiger partial charge in [-0.05, 0) is 54.5 Å². The number of amides is 5. The Hall–Kier alpha value is -3.41. The molecule has 1 saturated heterocycles. The number of nitrogens with zero attached hydrogens (tertiary/aromatic N) is 1. The van der Waals surface area contributed by atoms with E-state index in [9.17, 15) is 28.8 Å². The van der Waals surface area contributed by atoms with Gasteiger partial charge in [0.2, 0.25) is 29.5 Å². The summed E-state index contributed by atoms with van der Waals surface area (Å²) in [7, 11) is 0. The number of nitrogens with one attached hydrogen (secondary N) is 3. The first-order valence-electron chi connectivity index (χ1n) is 15.0. The number of likely N-dealkylation sites (tertiary alicyclic amines) is 1. The Bertz CT molecular complexity index is 1100. The third kappa shape index (κ3) is 12.8. The van der Waals surface area contributed by atoms with E-state index in [-0.39, 0.29) is 54.9 Å². The van der Waals surface area contributed by atoms with E-state index >= 15 is 0 Å². The van der Waals surface area contributed by atoms with Crippen molar-refractivity contribution in [1.29, 1.82) is 0 Å². The Morgan fingerprint density at radius 2 is 1.79 bits per heavy atom. The van der Waals surface area contributed by atoms with Crippen LogP contribution in [0.5, 0.6) is 0 Å². The van der Waals surface area contributed by atoms with Crippen molar-refractivity contribution in [2.75, 3.05) is 24.2 Å². The topological polar surface area (TPSA) is 151 Å². The zero-order valence-electron chi connectivity index (χ0n) is 25.7. The van der Waals surface area contributed by atoms with Gasteiger partial charge in [0.25, 0.3) is 6.47 Å². The normalized spacial score (nSPS) is 16.1. The van der Waals surface area contributed by atoms with Crippen LogP contribution in [0.3, 0.4) is 0 Å². The lowest BCUT2D eigenvalue weighted by Crippen LogP contribution is -2.51. The average molecular weight is 619 g/mol. The summed E-state index contributed by atoms with van der Waals surface area (Å²) in [6.07, 6.45) is 4.46. The maximum atomic E-state index is 12.7. The molecule has 0 spiro atoms. The first-order valence-corrected chi connectivity index (χ1v) is 16.1. The quantitative estimate of drug-likeness (QED) is 0.114. The number of imide groups is 1. The average Bonchev–Trinajstić information content (AvgIpc) is 3.25. The zero-order chi connectivity index (χ0) is 31.8. The highest BCUT2D eigenvalue weighted by Gasteiger charge is 2.38. The molecule has 238 valence electrons. The van der Waals surface area contributed by atoms with Crippen molar-refractivity contribution in [3.63, 3.8) is 0 Å². The van der Waals surface area contributed by atoms with Gasteiger partial charge in [0.1, 0.15) is 12.6 Å². The van der Waals surface area contributed by atoms with Crippen LogP contribution >= 0.6 is 11.8 Å². The molecule has 5 amide bonds. The highest BCUT2D eigenvalue weighted by Crippen LogP contribution is 2.27. The smallest absolute Gasteiger partial charge is 0.293 e. The third-order valence-corrected chi connectivity index (χ3v) is 8.60. The minimum atomic E-state index is -0.799. The molecule has 2 rings (SSSR count). The van der Waals surface area contributed by atoms with Crippen molar-refractivity contribution in [1.82, 2.24) is 15.5 Å². The maximum absolute atomic E-state index is 12.7. The van der Waals surface area contributed by atoms with Crippen LogP contribution in [-0.4, -0.2) is 71.0 Å². The van der Waals surface area contributed by atoms with E-state index in [0.29, 0.717) is 43.9 Å². The van der Waals surface area contributed by atoms with Crippen LogP contribution in [0.1, 0.15) is 78.2 Å². The first-order chi connectivity index (χ1) is 20.5. The molecule has 1 aliphatic heterocycles. The molecule has 0 bridgehead atoms. The molecule has 0 radical (unpaired) electrons. The number of ether oxygens (including phenoxy) is 1. The van der Waals surface area contributed by atoms with Crippen molar-refractivity contribution < 1.29 is 33.5 Å². The molecule has 1 aromatic rings. The van der Waals surface area contributed by atoms with Gasteiger partial charge < -0.3 is 20.7 Å². The third-order valence-electron chi connectivity index (χ3n) is 7.36. The minimum Gasteiger partial charge on any atom is -0.463 e. The van der Waals surface area contributed by atoms with Crippen LogP contribution in [0, 0.1) is 11.8 Å². The Morgan fingerprint density at radius 3 is 2.44 bits per heavy atom. The summed E-state index contributed by atoms with van der Waals surface area (Å²) in [5, 5.41) is 7.72. The predicted molar refractivity (Wildman–Crippen MR) is 166 cm³/mol. The summed E-state index contributed by atoms with van der Waals surface area (Å²) < 4.78 is 4.68. The summed E-state index contributed by atoms with van der Waals surface area (Å²) in [4.78, 5) is 74.2. The number of hydrogen-bond acceptors (Lipinski definition) is 8. The lowest BCUT2D eigenvalue weighted by atomic mass is 10.0. The standard InChI is InChI=1S/C31H46N4O7S/c1-5-22(4)14-16-43-25-17-28(39)35(31(25)41)15-8-6-7-9-26(37)34-29(21(2)3)30(40)32-18-27(38)33-24-12-10-23(11-13-24)19-42-20-36/h10-13,20-22,25,29H,5-9,14-19H2,1-4H3,(H,32,40)(H,33,38)(H,34,37). The largest absolute Gasteiger partial charge is 0.463 e. The molecular weight excluding hydrogens is 572 g/mol. The molecule has 1 aliphatic rings. The first kappa shape index (κ1) is 35.8. The fourth-order valence-electron chi connectivity index (χ4n) is 4.44. The predicted octanol–water partition coefficient (Wildman–Crippen LogP) is 3.41. The van der Waals surface area contributed by atoms with Gasteiger partial charge in [-0.25, -0.2) is 0 Å². The van der Waals surface area contributed by atoms with Gasteiger partial charge in [0.15, 0.2) is 0 Å². The van der Waals surface area contributed by atoms with Crippen molar-refractivity contribution in [3.05, 3.63) is 29.8 Å². The molecule has 1 aromatic carbocycles. The molecule has 0 saturated carbocycles. The van der Waals surface area contributed by atoms with Gasteiger partial charge in [0, 0.05) is 25.1 Å². The van der Waals surface area contributed by atoms with Crippen LogP contribution in [0.25, 0.3) is 0 Å². The molecule has 1 heterocycles. The van der Waals surface area contributed by atoms with Crippen LogP contribution in [0.4, 0.5) is 5.69 Å². The number of hydrogen-bond donors (Lipinski definition) is 3. The van der Waals surface area contributed by atoms with E-state index in [4.69, 9.17) is 0 Å². The van der Waals surface area contributed by atoms with Crippen molar-refractivity contribution in [2.24, 2.45) is 11.8 Å². The Morgan fingerprint density at radius 1 is 1.07 bits per heavy atom. The van der Waals surface area contributed by atoms with E-state index in [1.54, 1.807) is 49.9 Å². The molecule has 1 fully saturated rings. The summed E-state index contributed by atoms with van der Waals surface area (Å²) in [5.74, 6) is -0.0949. The number of benzene rings is 1. The van der Waals surface area contributed by atoms with Gasteiger partial charge in [-0.1, -0.05) is 52.7 Å². The molecule has 0 aromatic heterocycles.